The van der Waals surface area contributed by atoms with E-state index in [-0.39, 0.29) is 17.9 Å². The van der Waals surface area contributed by atoms with E-state index in [0.717, 1.165) is 12.8 Å². The normalized spacial score (nSPS) is 11.4. The molecule has 1 rings (SSSR count). The van der Waals surface area contributed by atoms with Gasteiger partial charge in [-0.15, -0.1) is 0 Å². The average molecular weight is 225 g/mol. The van der Waals surface area contributed by atoms with Crippen molar-refractivity contribution in [2.24, 2.45) is 5.41 Å². The first-order valence-electron chi connectivity index (χ1n) is 5.60. The number of hydrogen-bond donors (Lipinski definition) is 2. The molecule has 1 amide bonds. The van der Waals surface area contributed by atoms with Gasteiger partial charge in [0.2, 0.25) is 0 Å². The van der Waals surface area contributed by atoms with Gasteiger partial charge in [-0.2, -0.15) is 0 Å². The second-order valence-corrected chi connectivity index (χ2v) is 4.03. The highest BCUT2D eigenvalue weighted by Gasteiger charge is 2.26. The molecule has 0 atom stereocenters. The van der Waals surface area contributed by atoms with Crippen molar-refractivity contribution in [3.8, 4) is 0 Å². The Kier molecular flexibility index (Phi) is 4.55. The molecule has 0 bridgehead atoms. The standard InChI is InChI=1S/C12H19NO3/c1-3-12(4-2,9-14)8-13-11(15)10-6-5-7-16-10/h5-7,14H,3-4,8-9H2,1-2H3,(H,13,15). The van der Waals surface area contributed by atoms with Crippen LogP contribution < -0.4 is 5.32 Å². The topological polar surface area (TPSA) is 62.5 Å². The van der Waals surface area contributed by atoms with E-state index in [2.05, 4.69) is 5.32 Å². The first-order chi connectivity index (χ1) is 7.67. The van der Waals surface area contributed by atoms with Gasteiger partial charge in [-0.25, -0.2) is 0 Å². The summed E-state index contributed by atoms with van der Waals surface area (Å²) in [7, 11) is 0. The third-order valence-electron chi connectivity index (χ3n) is 3.20. The smallest absolute Gasteiger partial charge is 0.286 e. The molecule has 0 unspecified atom stereocenters. The first kappa shape index (κ1) is 12.8. The summed E-state index contributed by atoms with van der Waals surface area (Å²) >= 11 is 0. The van der Waals surface area contributed by atoms with Crippen LogP contribution >= 0.6 is 0 Å². The highest BCUT2D eigenvalue weighted by molar-refractivity contribution is 5.91. The Morgan fingerprint density at radius 2 is 2.19 bits per heavy atom. The Morgan fingerprint density at radius 3 is 2.62 bits per heavy atom. The second-order valence-electron chi connectivity index (χ2n) is 4.03. The minimum atomic E-state index is -0.232. The lowest BCUT2D eigenvalue weighted by molar-refractivity contribution is 0.0827. The second kappa shape index (κ2) is 5.70. The Bertz CT molecular complexity index is 307. The van der Waals surface area contributed by atoms with Gasteiger partial charge in [0.25, 0.3) is 5.91 Å². The highest BCUT2D eigenvalue weighted by atomic mass is 16.3. The fourth-order valence-electron chi connectivity index (χ4n) is 1.54. The first-order valence-corrected chi connectivity index (χ1v) is 5.60. The molecule has 2 N–H and O–H groups in total. The SMILES string of the molecule is CCC(CC)(CO)CNC(=O)c1ccco1. The molecule has 0 saturated carbocycles. The van der Waals surface area contributed by atoms with E-state index in [1.165, 1.54) is 6.26 Å². The van der Waals surface area contributed by atoms with Crippen LogP contribution in [0.25, 0.3) is 0 Å². The van der Waals surface area contributed by atoms with Gasteiger partial charge in [0.05, 0.1) is 12.9 Å². The van der Waals surface area contributed by atoms with Crippen molar-refractivity contribution < 1.29 is 14.3 Å². The number of aliphatic hydroxyl groups is 1. The number of rotatable bonds is 6. The van der Waals surface area contributed by atoms with Crippen molar-refractivity contribution >= 4 is 5.91 Å². The third-order valence-corrected chi connectivity index (χ3v) is 3.20. The highest BCUT2D eigenvalue weighted by Crippen LogP contribution is 2.24. The molecule has 0 spiro atoms. The summed E-state index contributed by atoms with van der Waals surface area (Å²) in [4.78, 5) is 11.6. The Morgan fingerprint density at radius 1 is 1.50 bits per heavy atom. The van der Waals surface area contributed by atoms with Crippen molar-refractivity contribution in [3.05, 3.63) is 24.2 Å². The molecule has 16 heavy (non-hydrogen) atoms. The lowest BCUT2D eigenvalue weighted by atomic mass is 9.83. The van der Waals surface area contributed by atoms with E-state index in [1.54, 1.807) is 12.1 Å². The molecule has 0 aromatic carbocycles. The number of amides is 1. The summed E-state index contributed by atoms with van der Waals surface area (Å²) in [6.45, 7) is 4.58. The molecule has 0 aliphatic carbocycles. The van der Waals surface area contributed by atoms with E-state index < -0.39 is 0 Å². The summed E-state index contributed by atoms with van der Waals surface area (Å²) in [6, 6.07) is 3.29. The number of carbonyl (C=O) groups is 1. The van der Waals surface area contributed by atoms with Crippen molar-refractivity contribution in [1.29, 1.82) is 0 Å². The van der Waals surface area contributed by atoms with Gasteiger partial charge < -0.3 is 14.8 Å². The van der Waals surface area contributed by atoms with E-state index in [1.807, 2.05) is 13.8 Å². The Balaban J connectivity index is 2.53. The van der Waals surface area contributed by atoms with Gasteiger partial charge in [-0.1, -0.05) is 13.8 Å². The molecule has 1 heterocycles. The monoisotopic (exact) mass is 225 g/mol. The molecule has 0 aliphatic rings. The molecular formula is C12H19NO3. The van der Waals surface area contributed by atoms with Gasteiger partial charge in [0.15, 0.2) is 5.76 Å². The minimum absolute atomic E-state index is 0.0818. The van der Waals surface area contributed by atoms with Crippen molar-refractivity contribution in [3.63, 3.8) is 0 Å². The van der Waals surface area contributed by atoms with Gasteiger partial charge in [0, 0.05) is 12.0 Å². The van der Waals surface area contributed by atoms with Crippen LogP contribution in [0.4, 0.5) is 0 Å². The van der Waals surface area contributed by atoms with Crippen molar-refractivity contribution in [1.82, 2.24) is 5.32 Å². The largest absolute Gasteiger partial charge is 0.459 e. The molecule has 4 nitrogen and oxygen atoms in total. The van der Waals surface area contributed by atoms with E-state index in [9.17, 15) is 9.90 Å². The van der Waals surface area contributed by atoms with Crippen LogP contribution in [0.5, 0.6) is 0 Å². The summed E-state index contributed by atoms with van der Waals surface area (Å²) in [5.74, 6) is 0.0729. The summed E-state index contributed by atoms with van der Waals surface area (Å²) in [6.07, 6.45) is 3.13. The summed E-state index contributed by atoms with van der Waals surface area (Å²) in [5, 5.41) is 12.1. The molecule has 90 valence electrons. The molecule has 4 heteroatoms. The maximum atomic E-state index is 11.6. The molecule has 0 radical (unpaired) electrons. The van der Waals surface area contributed by atoms with E-state index in [0.29, 0.717) is 12.3 Å². The fourth-order valence-corrected chi connectivity index (χ4v) is 1.54. The molecule has 0 fully saturated rings. The molecule has 0 saturated heterocycles. The average Bonchev–Trinajstić information content (AvgIpc) is 2.85. The predicted octanol–water partition coefficient (Wildman–Crippen LogP) is 1.81. The number of nitrogens with one attached hydrogen (secondary N) is 1. The van der Waals surface area contributed by atoms with Crippen LogP contribution in [0, 0.1) is 5.41 Å². The third kappa shape index (κ3) is 2.85. The predicted molar refractivity (Wildman–Crippen MR) is 61.1 cm³/mol. The molecule has 1 aromatic heterocycles. The maximum Gasteiger partial charge on any atom is 0.286 e. The lowest BCUT2D eigenvalue weighted by Crippen LogP contribution is -2.39. The van der Waals surface area contributed by atoms with Gasteiger partial charge in [-0.3, -0.25) is 4.79 Å². The molecular weight excluding hydrogens is 206 g/mol. The van der Waals surface area contributed by atoms with Crippen LogP contribution in [-0.2, 0) is 0 Å². The van der Waals surface area contributed by atoms with Crippen LogP contribution in [0.2, 0.25) is 0 Å². The zero-order chi connectivity index (χ0) is 12.0. The lowest BCUT2D eigenvalue weighted by Gasteiger charge is -2.29. The number of carbonyl (C=O) groups excluding carboxylic acids is 1. The zero-order valence-electron chi connectivity index (χ0n) is 9.82. The number of aliphatic hydroxyl groups excluding tert-OH is 1. The zero-order valence-corrected chi connectivity index (χ0v) is 9.82. The van der Waals surface area contributed by atoms with Crippen LogP contribution in [-0.4, -0.2) is 24.2 Å². The number of hydrogen-bond acceptors (Lipinski definition) is 3. The fraction of sp³-hybridized carbons (Fsp3) is 0.583. The van der Waals surface area contributed by atoms with Gasteiger partial charge in [-0.05, 0) is 25.0 Å². The maximum absolute atomic E-state index is 11.6. The van der Waals surface area contributed by atoms with E-state index >= 15 is 0 Å². The van der Waals surface area contributed by atoms with Crippen LogP contribution in [0.1, 0.15) is 37.2 Å². The van der Waals surface area contributed by atoms with Crippen LogP contribution in [0.15, 0.2) is 22.8 Å². The van der Waals surface area contributed by atoms with Gasteiger partial charge >= 0.3 is 0 Å². The molecule has 1 aromatic rings. The van der Waals surface area contributed by atoms with E-state index in [4.69, 9.17) is 4.42 Å². The summed E-state index contributed by atoms with van der Waals surface area (Å²) in [5.41, 5.74) is -0.220. The molecule has 0 aliphatic heterocycles. The van der Waals surface area contributed by atoms with Crippen molar-refractivity contribution in [2.75, 3.05) is 13.2 Å². The van der Waals surface area contributed by atoms with Crippen molar-refractivity contribution in [2.45, 2.75) is 26.7 Å². The number of furan rings is 1. The Labute approximate surface area is 95.7 Å². The Hall–Kier alpha value is -1.29. The minimum Gasteiger partial charge on any atom is -0.459 e. The quantitative estimate of drug-likeness (QED) is 0.776. The summed E-state index contributed by atoms with van der Waals surface area (Å²) < 4.78 is 4.99. The van der Waals surface area contributed by atoms with Crippen LogP contribution in [0.3, 0.4) is 0 Å². The van der Waals surface area contributed by atoms with Gasteiger partial charge in [0.1, 0.15) is 0 Å².